The molecule has 0 aliphatic heterocycles. The number of hydrogen-bond donors (Lipinski definition) is 3. The Bertz CT molecular complexity index is 2130. The van der Waals surface area contributed by atoms with E-state index in [0.717, 1.165) is 34.3 Å². The number of thiazole rings is 1. The van der Waals surface area contributed by atoms with Crippen LogP contribution in [0.3, 0.4) is 0 Å². The summed E-state index contributed by atoms with van der Waals surface area (Å²) in [6.07, 6.45) is 2.24. The lowest BCUT2D eigenvalue weighted by Crippen LogP contribution is -2.40. The number of carbonyl (C=O) groups excluding carboxylic acids is 1. The van der Waals surface area contributed by atoms with Gasteiger partial charge < -0.3 is 10.3 Å². The topological polar surface area (TPSA) is 161 Å². The normalized spacial score (nSPS) is 13.3. The minimum Gasteiger partial charge on any atom is -0.336 e. The number of aryl methyl sites for hydroxylation is 1. The number of rotatable bonds is 10. The molecule has 15 heteroatoms. The molecule has 3 aromatic heterocycles. The molecule has 1 aliphatic carbocycles. The Kier molecular flexibility index (Phi) is 7.67. The number of imidazole rings is 1. The van der Waals surface area contributed by atoms with Gasteiger partial charge in [-0.25, -0.2) is 27.6 Å². The van der Waals surface area contributed by atoms with Gasteiger partial charge in [-0.1, -0.05) is 41.7 Å². The zero-order chi connectivity index (χ0) is 31.2. The number of hydrogen-bond acceptors (Lipinski definition) is 8. The summed E-state index contributed by atoms with van der Waals surface area (Å²) in [7, 11) is -3.95. The van der Waals surface area contributed by atoms with Crippen molar-refractivity contribution in [1.29, 1.82) is 0 Å². The number of sulfonamides is 1. The molecule has 1 amide bonds. The first-order valence-corrected chi connectivity index (χ1v) is 16.1. The van der Waals surface area contributed by atoms with Gasteiger partial charge in [0, 0.05) is 31.1 Å². The van der Waals surface area contributed by atoms with Gasteiger partial charge in [0.05, 0.1) is 12.2 Å². The van der Waals surface area contributed by atoms with Crippen LogP contribution in [0.2, 0.25) is 0 Å². The van der Waals surface area contributed by atoms with Crippen molar-refractivity contribution in [2.45, 2.75) is 50.4 Å². The quantitative estimate of drug-likeness (QED) is 0.211. The zero-order valence-corrected chi connectivity index (χ0v) is 25.4. The molecular weight excluding hydrogens is 609 g/mol. The summed E-state index contributed by atoms with van der Waals surface area (Å²) in [5.41, 5.74) is 0.906. The van der Waals surface area contributed by atoms with Crippen LogP contribution >= 0.6 is 11.3 Å². The number of fused-ring (bicyclic) bond motifs is 1. The van der Waals surface area contributed by atoms with Crippen molar-refractivity contribution in [3.8, 4) is 0 Å². The maximum atomic E-state index is 14.4. The number of anilines is 2. The van der Waals surface area contributed by atoms with Gasteiger partial charge in [-0.3, -0.25) is 23.4 Å². The van der Waals surface area contributed by atoms with E-state index in [2.05, 4.69) is 25.0 Å². The highest BCUT2D eigenvalue weighted by Gasteiger charge is 2.26. The Morgan fingerprint density at radius 3 is 2.50 bits per heavy atom. The fourth-order valence-corrected chi connectivity index (χ4v) is 7.40. The van der Waals surface area contributed by atoms with Crippen molar-refractivity contribution < 1.29 is 17.6 Å². The van der Waals surface area contributed by atoms with E-state index in [0.29, 0.717) is 24.0 Å². The second kappa shape index (κ2) is 11.5. The van der Waals surface area contributed by atoms with E-state index in [4.69, 9.17) is 0 Å². The molecule has 6 rings (SSSR count). The predicted octanol–water partition coefficient (Wildman–Crippen LogP) is 3.60. The van der Waals surface area contributed by atoms with Gasteiger partial charge in [0.2, 0.25) is 5.91 Å². The number of nitrogens with one attached hydrogen (secondary N) is 3. The van der Waals surface area contributed by atoms with Crippen LogP contribution in [-0.2, 0) is 34.3 Å². The van der Waals surface area contributed by atoms with Crippen molar-refractivity contribution >= 4 is 49.3 Å². The second-order valence-corrected chi connectivity index (χ2v) is 13.6. The highest BCUT2D eigenvalue weighted by Crippen LogP contribution is 2.31. The van der Waals surface area contributed by atoms with E-state index in [1.807, 2.05) is 0 Å². The number of benzene rings is 2. The van der Waals surface area contributed by atoms with Gasteiger partial charge >= 0.3 is 5.69 Å². The third-order valence-corrected chi connectivity index (χ3v) is 10.3. The van der Waals surface area contributed by atoms with Gasteiger partial charge in [-0.05, 0) is 49.4 Å². The van der Waals surface area contributed by atoms with Gasteiger partial charge in [-0.2, -0.15) is 0 Å². The average molecular weight is 638 g/mol. The molecule has 0 bridgehead atoms. The minimum atomic E-state index is -3.95. The fraction of sp³-hybridized carbons (Fsp3) is 0.276. The number of carbonyl (C=O) groups is 1. The Morgan fingerprint density at radius 2 is 1.82 bits per heavy atom. The van der Waals surface area contributed by atoms with Crippen LogP contribution in [0.25, 0.3) is 11.2 Å². The van der Waals surface area contributed by atoms with Crippen molar-refractivity contribution in [2.75, 3.05) is 10.0 Å². The third-order valence-electron chi connectivity index (χ3n) is 7.19. The predicted molar refractivity (Wildman–Crippen MR) is 164 cm³/mol. The van der Waals surface area contributed by atoms with Crippen molar-refractivity contribution in [2.24, 2.45) is 5.92 Å². The highest BCUT2D eigenvalue weighted by atomic mass is 32.2. The summed E-state index contributed by atoms with van der Waals surface area (Å²) < 4.78 is 45.4. The Morgan fingerprint density at radius 1 is 1.09 bits per heavy atom. The Hall–Kier alpha value is -4.63. The van der Waals surface area contributed by atoms with E-state index < -0.39 is 27.1 Å². The van der Waals surface area contributed by atoms with Crippen molar-refractivity contribution in [3.05, 3.63) is 97.8 Å². The first kappa shape index (κ1) is 29.4. The second-order valence-electron chi connectivity index (χ2n) is 10.8. The molecule has 0 spiro atoms. The molecule has 12 nitrogen and oxygen atoms in total. The van der Waals surface area contributed by atoms with Crippen LogP contribution in [0, 0.1) is 18.7 Å². The molecule has 1 saturated carbocycles. The van der Waals surface area contributed by atoms with Crippen LogP contribution in [0.1, 0.15) is 42.4 Å². The molecule has 5 aromatic rings. The highest BCUT2D eigenvalue weighted by molar-refractivity contribution is 7.94. The smallest absolute Gasteiger partial charge is 0.333 e. The maximum Gasteiger partial charge on any atom is 0.333 e. The third kappa shape index (κ3) is 6.05. The molecule has 0 unspecified atom stereocenters. The summed E-state index contributed by atoms with van der Waals surface area (Å²) >= 11 is 0.857. The van der Waals surface area contributed by atoms with Crippen molar-refractivity contribution in [3.63, 3.8) is 0 Å². The molecule has 3 heterocycles. The molecule has 1 aliphatic rings. The van der Waals surface area contributed by atoms with Crippen molar-refractivity contribution in [1.82, 2.24) is 24.1 Å². The number of aromatic nitrogens is 5. The Labute approximate surface area is 254 Å². The summed E-state index contributed by atoms with van der Waals surface area (Å²) in [4.78, 5) is 50.0. The lowest BCUT2D eigenvalue weighted by Gasteiger charge is -2.11. The number of nitrogens with zero attached hydrogens (tertiary/aromatic N) is 4. The molecule has 1 fully saturated rings. The molecule has 0 saturated heterocycles. The number of H-pyrrole nitrogens is 1. The number of halogens is 1. The molecule has 2 aromatic carbocycles. The monoisotopic (exact) mass is 637 g/mol. The van der Waals surface area contributed by atoms with E-state index in [1.54, 1.807) is 49.4 Å². The minimum absolute atomic E-state index is 0.00879. The van der Waals surface area contributed by atoms with Gasteiger partial charge in [-0.15, -0.1) is 0 Å². The Balaban J connectivity index is 1.26. The van der Waals surface area contributed by atoms with Crippen LogP contribution in [-0.4, -0.2) is 38.4 Å². The van der Waals surface area contributed by atoms with Crippen LogP contribution in [0.5, 0.6) is 0 Å². The van der Waals surface area contributed by atoms with E-state index >= 15 is 0 Å². The summed E-state index contributed by atoms with van der Waals surface area (Å²) in [5.74, 6) is -0.0860. The number of amides is 1. The van der Waals surface area contributed by atoms with Gasteiger partial charge in [0.15, 0.2) is 15.0 Å². The fourth-order valence-electron chi connectivity index (χ4n) is 4.88. The molecule has 3 N–H and O–H groups in total. The van der Waals surface area contributed by atoms with Crippen LogP contribution < -0.4 is 21.3 Å². The SMILES string of the molecule is CC(=O)Nc1nc(C)c(S(=O)(=O)Nc2ccc(Cc3nc4c([nH]3)c(=O)n(Cc3ccccc3F)c(=O)n4CC3CC3)cc2)s1. The van der Waals surface area contributed by atoms with Gasteiger partial charge in [0.1, 0.15) is 17.2 Å². The molecule has 0 atom stereocenters. The number of aromatic amines is 1. The van der Waals surface area contributed by atoms with E-state index in [1.165, 1.54) is 17.6 Å². The standard InChI is InChI=1S/C29H28FN7O5S2/c1-16-27(43-28(31-16)32-17(2)38)44(41,42)35-21-11-9-18(10-12-21)13-23-33-24-25(34-23)36(14-19-7-8-19)29(40)37(26(24)39)15-20-5-3-4-6-22(20)30/h3-6,9-12,19,35H,7-8,13-15H2,1-2H3,(H,33,34)(H,31,32,38). The molecular formula is C29H28FN7O5S2. The lowest BCUT2D eigenvalue weighted by atomic mass is 10.1. The molecule has 44 heavy (non-hydrogen) atoms. The van der Waals surface area contributed by atoms with Crippen LogP contribution in [0.15, 0.2) is 62.3 Å². The van der Waals surface area contributed by atoms with Gasteiger partial charge in [0.25, 0.3) is 15.6 Å². The molecule has 0 radical (unpaired) electrons. The first-order chi connectivity index (χ1) is 21.0. The van der Waals surface area contributed by atoms with Crippen LogP contribution in [0.4, 0.5) is 15.2 Å². The zero-order valence-electron chi connectivity index (χ0n) is 23.8. The van der Waals surface area contributed by atoms with E-state index in [9.17, 15) is 27.2 Å². The maximum absolute atomic E-state index is 14.4. The first-order valence-electron chi connectivity index (χ1n) is 13.8. The largest absolute Gasteiger partial charge is 0.336 e. The molecule has 228 valence electrons. The summed E-state index contributed by atoms with van der Waals surface area (Å²) in [6, 6.07) is 12.7. The lowest BCUT2D eigenvalue weighted by molar-refractivity contribution is -0.114. The summed E-state index contributed by atoms with van der Waals surface area (Å²) in [6.45, 7) is 3.07. The van der Waals surface area contributed by atoms with E-state index in [-0.39, 0.29) is 50.6 Å². The summed E-state index contributed by atoms with van der Waals surface area (Å²) in [5, 5.41) is 2.69. The average Bonchev–Trinajstić information content (AvgIpc) is 3.57.